The van der Waals surface area contributed by atoms with Gasteiger partial charge in [-0.05, 0) is 25.1 Å². The number of hydrogen-bond donors (Lipinski definition) is 1. The standard InChI is InChI=1S/C14H15FN4O/c1-3-19(11-4-6-17-7-5-11)14(20)12-8-10(15)9-18-13(12)16-2/h4-9H,3H2,1-2H3,(H,16,18). The van der Waals surface area contributed by atoms with Gasteiger partial charge in [0, 0.05) is 31.7 Å². The fourth-order valence-corrected chi connectivity index (χ4v) is 1.91. The van der Waals surface area contributed by atoms with E-state index in [9.17, 15) is 9.18 Å². The zero-order valence-electron chi connectivity index (χ0n) is 11.3. The lowest BCUT2D eigenvalue weighted by atomic mass is 10.2. The van der Waals surface area contributed by atoms with E-state index in [1.165, 1.54) is 6.07 Å². The summed E-state index contributed by atoms with van der Waals surface area (Å²) in [5.74, 6) is -0.503. The minimum Gasteiger partial charge on any atom is -0.372 e. The average molecular weight is 274 g/mol. The Morgan fingerprint density at radius 3 is 2.70 bits per heavy atom. The summed E-state index contributed by atoms with van der Waals surface area (Å²) in [7, 11) is 1.64. The molecule has 1 amide bonds. The summed E-state index contributed by atoms with van der Waals surface area (Å²) in [5, 5.41) is 2.80. The van der Waals surface area contributed by atoms with E-state index in [4.69, 9.17) is 0 Å². The maximum absolute atomic E-state index is 13.3. The average Bonchev–Trinajstić information content (AvgIpc) is 2.49. The summed E-state index contributed by atoms with van der Waals surface area (Å²) < 4.78 is 13.3. The largest absolute Gasteiger partial charge is 0.372 e. The van der Waals surface area contributed by atoms with Gasteiger partial charge in [-0.1, -0.05) is 0 Å². The van der Waals surface area contributed by atoms with E-state index < -0.39 is 5.82 Å². The van der Waals surface area contributed by atoms with Gasteiger partial charge in [-0.3, -0.25) is 9.78 Å². The van der Waals surface area contributed by atoms with Gasteiger partial charge in [0.1, 0.15) is 11.6 Å². The summed E-state index contributed by atoms with van der Waals surface area (Å²) in [6.45, 7) is 2.31. The minimum atomic E-state index is -0.543. The molecule has 0 aliphatic carbocycles. The van der Waals surface area contributed by atoms with Gasteiger partial charge in [-0.2, -0.15) is 0 Å². The molecule has 0 spiro atoms. The Kier molecular flexibility index (Phi) is 4.24. The second kappa shape index (κ2) is 6.10. The Labute approximate surface area is 116 Å². The van der Waals surface area contributed by atoms with E-state index in [2.05, 4.69) is 15.3 Å². The number of nitrogens with one attached hydrogen (secondary N) is 1. The number of amides is 1. The number of carbonyl (C=O) groups is 1. The Morgan fingerprint density at radius 2 is 2.10 bits per heavy atom. The molecule has 0 aromatic carbocycles. The van der Waals surface area contributed by atoms with Crippen LogP contribution < -0.4 is 10.2 Å². The van der Waals surface area contributed by atoms with Crippen molar-refractivity contribution in [3.63, 3.8) is 0 Å². The predicted octanol–water partition coefficient (Wildman–Crippen LogP) is 2.32. The van der Waals surface area contributed by atoms with E-state index in [1.807, 2.05) is 6.92 Å². The predicted molar refractivity (Wildman–Crippen MR) is 75.3 cm³/mol. The highest BCUT2D eigenvalue weighted by Crippen LogP contribution is 2.20. The van der Waals surface area contributed by atoms with Crippen LogP contribution in [0.15, 0.2) is 36.8 Å². The highest BCUT2D eigenvalue weighted by Gasteiger charge is 2.20. The lowest BCUT2D eigenvalue weighted by Crippen LogP contribution is -2.31. The van der Waals surface area contributed by atoms with Crippen LogP contribution in [0, 0.1) is 5.82 Å². The first kappa shape index (κ1) is 13.9. The van der Waals surface area contributed by atoms with Crippen molar-refractivity contribution in [2.45, 2.75) is 6.92 Å². The van der Waals surface area contributed by atoms with Crippen LogP contribution in [0.2, 0.25) is 0 Å². The number of carbonyl (C=O) groups excluding carboxylic acids is 1. The highest BCUT2D eigenvalue weighted by atomic mass is 19.1. The molecular weight excluding hydrogens is 259 g/mol. The Balaban J connectivity index is 2.41. The van der Waals surface area contributed by atoms with E-state index in [1.54, 1.807) is 36.5 Å². The second-order valence-corrected chi connectivity index (χ2v) is 4.05. The van der Waals surface area contributed by atoms with Crippen LogP contribution in [0.3, 0.4) is 0 Å². The first-order valence-electron chi connectivity index (χ1n) is 6.22. The van der Waals surface area contributed by atoms with Gasteiger partial charge >= 0.3 is 0 Å². The van der Waals surface area contributed by atoms with E-state index in [0.29, 0.717) is 18.1 Å². The van der Waals surface area contributed by atoms with Crippen molar-refractivity contribution in [2.24, 2.45) is 0 Å². The van der Waals surface area contributed by atoms with Gasteiger partial charge < -0.3 is 10.2 Å². The fraction of sp³-hybridized carbons (Fsp3) is 0.214. The molecule has 2 rings (SSSR count). The smallest absolute Gasteiger partial charge is 0.262 e. The summed E-state index contributed by atoms with van der Waals surface area (Å²) in [6.07, 6.45) is 4.29. The normalized spacial score (nSPS) is 10.2. The first-order valence-corrected chi connectivity index (χ1v) is 6.22. The highest BCUT2D eigenvalue weighted by molar-refractivity contribution is 6.09. The number of halogens is 1. The third kappa shape index (κ3) is 2.74. The van der Waals surface area contributed by atoms with Crippen LogP contribution in [-0.4, -0.2) is 29.5 Å². The summed E-state index contributed by atoms with van der Waals surface area (Å²) in [6, 6.07) is 4.64. The number of aromatic nitrogens is 2. The summed E-state index contributed by atoms with van der Waals surface area (Å²) >= 11 is 0. The SMILES string of the molecule is CCN(C(=O)c1cc(F)cnc1NC)c1ccncc1. The van der Waals surface area contributed by atoms with Crippen LogP contribution >= 0.6 is 0 Å². The molecule has 0 aliphatic heterocycles. The zero-order chi connectivity index (χ0) is 14.5. The minimum absolute atomic E-state index is 0.200. The van der Waals surface area contributed by atoms with Crippen molar-refractivity contribution in [1.29, 1.82) is 0 Å². The summed E-state index contributed by atoms with van der Waals surface area (Å²) in [4.78, 5) is 21.9. The molecule has 104 valence electrons. The topological polar surface area (TPSA) is 58.1 Å². The molecule has 6 heteroatoms. The zero-order valence-corrected chi connectivity index (χ0v) is 11.3. The number of hydrogen-bond acceptors (Lipinski definition) is 4. The van der Waals surface area contributed by atoms with Crippen LogP contribution in [0.25, 0.3) is 0 Å². The molecule has 0 aliphatic rings. The molecule has 0 unspecified atom stereocenters. The van der Waals surface area contributed by atoms with Gasteiger partial charge in [-0.15, -0.1) is 0 Å². The molecule has 2 aromatic rings. The Bertz CT molecular complexity index is 603. The molecule has 0 radical (unpaired) electrons. The van der Waals surface area contributed by atoms with Crippen LogP contribution in [0.4, 0.5) is 15.9 Å². The molecule has 5 nitrogen and oxygen atoms in total. The van der Waals surface area contributed by atoms with Crippen molar-refractivity contribution >= 4 is 17.4 Å². The quantitative estimate of drug-likeness (QED) is 0.929. The lowest BCUT2D eigenvalue weighted by Gasteiger charge is -2.21. The van der Waals surface area contributed by atoms with E-state index in [-0.39, 0.29) is 11.5 Å². The van der Waals surface area contributed by atoms with Crippen molar-refractivity contribution in [3.05, 3.63) is 48.2 Å². The maximum Gasteiger partial charge on any atom is 0.262 e. The number of pyridine rings is 2. The third-order valence-electron chi connectivity index (χ3n) is 2.86. The van der Waals surface area contributed by atoms with Gasteiger partial charge in [0.05, 0.1) is 11.8 Å². The molecule has 0 saturated heterocycles. The first-order chi connectivity index (χ1) is 9.67. The Morgan fingerprint density at radius 1 is 1.40 bits per heavy atom. The third-order valence-corrected chi connectivity index (χ3v) is 2.86. The Hall–Kier alpha value is -2.50. The molecule has 2 aromatic heterocycles. The van der Waals surface area contributed by atoms with Gasteiger partial charge in [0.15, 0.2) is 0 Å². The van der Waals surface area contributed by atoms with Crippen LogP contribution in [-0.2, 0) is 0 Å². The number of rotatable bonds is 4. The second-order valence-electron chi connectivity index (χ2n) is 4.05. The monoisotopic (exact) mass is 274 g/mol. The van der Waals surface area contributed by atoms with Crippen molar-refractivity contribution in [3.8, 4) is 0 Å². The maximum atomic E-state index is 13.3. The molecular formula is C14H15FN4O. The van der Waals surface area contributed by atoms with Crippen molar-refractivity contribution in [1.82, 2.24) is 9.97 Å². The molecule has 0 bridgehead atoms. The van der Waals surface area contributed by atoms with Crippen molar-refractivity contribution < 1.29 is 9.18 Å². The van der Waals surface area contributed by atoms with E-state index >= 15 is 0 Å². The van der Waals surface area contributed by atoms with Gasteiger partial charge in [0.2, 0.25) is 0 Å². The van der Waals surface area contributed by atoms with Crippen LogP contribution in [0.1, 0.15) is 17.3 Å². The molecule has 1 N–H and O–H groups in total. The van der Waals surface area contributed by atoms with Crippen LogP contribution in [0.5, 0.6) is 0 Å². The number of anilines is 2. The molecule has 0 saturated carbocycles. The van der Waals surface area contributed by atoms with Gasteiger partial charge in [0.25, 0.3) is 5.91 Å². The molecule has 20 heavy (non-hydrogen) atoms. The molecule has 0 fully saturated rings. The van der Waals surface area contributed by atoms with E-state index in [0.717, 1.165) is 6.20 Å². The molecule has 0 atom stereocenters. The summed E-state index contributed by atoms with van der Waals surface area (Å²) in [5.41, 5.74) is 0.907. The number of nitrogens with zero attached hydrogens (tertiary/aromatic N) is 3. The molecule has 2 heterocycles. The fourth-order valence-electron chi connectivity index (χ4n) is 1.91. The van der Waals surface area contributed by atoms with Crippen molar-refractivity contribution in [2.75, 3.05) is 23.8 Å². The lowest BCUT2D eigenvalue weighted by molar-refractivity contribution is 0.0988. The van der Waals surface area contributed by atoms with Gasteiger partial charge in [-0.25, -0.2) is 9.37 Å².